The molecule has 0 atom stereocenters. The van der Waals surface area contributed by atoms with Gasteiger partial charge in [-0.25, -0.2) is 9.97 Å². The van der Waals surface area contributed by atoms with Crippen molar-refractivity contribution in [3.8, 4) is 5.88 Å². The molecule has 2 aromatic heterocycles. The van der Waals surface area contributed by atoms with Crippen molar-refractivity contribution >= 4 is 44.1 Å². The summed E-state index contributed by atoms with van der Waals surface area (Å²) in [5.41, 5.74) is 3.69. The highest BCUT2D eigenvalue weighted by atomic mass is 32.1. The highest BCUT2D eigenvalue weighted by Crippen LogP contribution is 2.37. The second kappa shape index (κ2) is 8.83. The third-order valence-corrected chi connectivity index (χ3v) is 5.91. The zero-order chi connectivity index (χ0) is 22.0. The van der Waals surface area contributed by atoms with E-state index in [2.05, 4.69) is 15.3 Å². The fraction of sp³-hybridized carbons (Fsp3) is 0.273. The van der Waals surface area contributed by atoms with Crippen LogP contribution in [-0.2, 0) is 4.74 Å². The maximum absolute atomic E-state index is 12.7. The minimum atomic E-state index is -0.304. The molecule has 3 aromatic rings. The Kier molecular flexibility index (Phi) is 5.97. The number of amides is 2. The van der Waals surface area contributed by atoms with Crippen LogP contribution >= 0.6 is 11.3 Å². The quantitative estimate of drug-likeness (QED) is 0.656. The van der Waals surface area contributed by atoms with Gasteiger partial charge in [0.25, 0.3) is 11.8 Å². The molecule has 0 radical (unpaired) electrons. The van der Waals surface area contributed by atoms with Crippen LogP contribution in [0, 0.1) is 0 Å². The fourth-order valence-corrected chi connectivity index (χ4v) is 4.28. The van der Waals surface area contributed by atoms with Crippen LogP contribution in [0.5, 0.6) is 5.88 Å². The summed E-state index contributed by atoms with van der Waals surface area (Å²) in [6, 6.07) is 6.52. The molecule has 1 N–H and O–H groups in total. The number of pyridine rings is 1. The van der Waals surface area contributed by atoms with Crippen molar-refractivity contribution in [2.24, 2.45) is 0 Å². The molecule has 1 aromatic carbocycles. The van der Waals surface area contributed by atoms with E-state index in [1.807, 2.05) is 6.08 Å². The van der Waals surface area contributed by atoms with Crippen molar-refractivity contribution in [2.75, 3.05) is 39.7 Å². The third-order valence-electron chi connectivity index (χ3n) is 4.91. The molecule has 3 heterocycles. The predicted molar refractivity (Wildman–Crippen MR) is 120 cm³/mol. The molecule has 0 aliphatic carbocycles. The van der Waals surface area contributed by atoms with Gasteiger partial charge in [0.15, 0.2) is 5.13 Å². The van der Waals surface area contributed by atoms with Gasteiger partial charge < -0.3 is 14.4 Å². The van der Waals surface area contributed by atoms with Crippen LogP contribution in [0.25, 0.3) is 15.8 Å². The molecule has 0 saturated carbocycles. The molecule has 0 fully saturated rings. The van der Waals surface area contributed by atoms with E-state index in [0.717, 1.165) is 22.3 Å². The number of aromatic nitrogens is 2. The van der Waals surface area contributed by atoms with E-state index in [1.54, 1.807) is 51.7 Å². The van der Waals surface area contributed by atoms with Gasteiger partial charge in [0.05, 0.1) is 25.0 Å². The second-order valence-electron chi connectivity index (χ2n) is 7.16. The number of benzene rings is 1. The lowest BCUT2D eigenvalue weighted by Crippen LogP contribution is -2.21. The van der Waals surface area contributed by atoms with Crippen LogP contribution < -0.4 is 10.1 Å². The summed E-state index contributed by atoms with van der Waals surface area (Å²) < 4.78 is 11.7. The molecule has 0 unspecified atom stereocenters. The van der Waals surface area contributed by atoms with Crippen molar-refractivity contribution in [3.05, 3.63) is 53.2 Å². The number of anilines is 1. The van der Waals surface area contributed by atoms with Gasteiger partial charge in [-0.3, -0.25) is 14.9 Å². The lowest BCUT2D eigenvalue weighted by Gasteiger charge is -2.14. The molecule has 0 bridgehead atoms. The minimum absolute atomic E-state index is 0.118. The first-order chi connectivity index (χ1) is 15.0. The molecular formula is C22H22N4O4S. The highest BCUT2D eigenvalue weighted by Gasteiger charge is 2.19. The standard InChI is InChI=1S/C22H22N4O4S/c1-26(2)21(28)15-6-4-14(5-7-15)19(27)25-22-24-17-18(31-22)16(12-23-20(17)29-3)13-8-10-30-11-9-13/h4-8,12H,9-11H2,1-3H3,(H,24,25,27). The first-order valence-electron chi connectivity index (χ1n) is 9.71. The topological polar surface area (TPSA) is 93.7 Å². The third kappa shape index (κ3) is 4.28. The lowest BCUT2D eigenvalue weighted by molar-refractivity contribution is 0.0827. The molecule has 0 saturated heterocycles. The van der Waals surface area contributed by atoms with E-state index >= 15 is 0 Å². The van der Waals surface area contributed by atoms with E-state index in [9.17, 15) is 9.59 Å². The Morgan fingerprint density at radius 2 is 1.94 bits per heavy atom. The predicted octanol–water partition coefficient (Wildman–Crippen LogP) is 3.46. The van der Waals surface area contributed by atoms with Crippen LogP contribution in [0.2, 0.25) is 0 Å². The Hall–Kier alpha value is -3.30. The van der Waals surface area contributed by atoms with Crippen molar-refractivity contribution in [1.29, 1.82) is 0 Å². The lowest BCUT2D eigenvalue weighted by atomic mass is 10.0. The van der Waals surface area contributed by atoms with E-state index in [1.165, 1.54) is 16.2 Å². The van der Waals surface area contributed by atoms with Gasteiger partial charge in [-0.05, 0) is 36.3 Å². The van der Waals surface area contributed by atoms with Crippen LogP contribution in [0.4, 0.5) is 5.13 Å². The van der Waals surface area contributed by atoms with E-state index < -0.39 is 0 Å². The maximum atomic E-state index is 12.7. The van der Waals surface area contributed by atoms with Crippen molar-refractivity contribution in [3.63, 3.8) is 0 Å². The minimum Gasteiger partial charge on any atom is -0.479 e. The highest BCUT2D eigenvalue weighted by molar-refractivity contribution is 7.22. The summed E-state index contributed by atoms with van der Waals surface area (Å²) in [4.78, 5) is 35.2. The summed E-state index contributed by atoms with van der Waals surface area (Å²) in [6.07, 6.45) is 4.62. The molecule has 4 rings (SSSR count). The summed E-state index contributed by atoms with van der Waals surface area (Å²) >= 11 is 1.38. The summed E-state index contributed by atoms with van der Waals surface area (Å²) in [5, 5.41) is 3.30. The maximum Gasteiger partial charge on any atom is 0.257 e. The molecule has 160 valence electrons. The molecule has 9 heteroatoms. The van der Waals surface area contributed by atoms with Crippen LogP contribution in [0.3, 0.4) is 0 Å². The Bertz CT molecular complexity index is 1170. The van der Waals surface area contributed by atoms with Gasteiger partial charge in [-0.15, -0.1) is 0 Å². The summed E-state index contributed by atoms with van der Waals surface area (Å²) in [7, 11) is 4.91. The number of nitrogens with zero attached hydrogens (tertiary/aromatic N) is 3. The molecule has 1 aliphatic rings. The van der Waals surface area contributed by atoms with Gasteiger partial charge in [0, 0.05) is 37.0 Å². The van der Waals surface area contributed by atoms with Gasteiger partial charge in [0.1, 0.15) is 5.52 Å². The number of methoxy groups -OCH3 is 1. The number of hydrogen-bond donors (Lipinski definition) is 1. The molecule has 1 aliphatic heterocycles. The first kappa shape index (κ1) is 21.0. The second-order valence-corrected chi connectivity index (χ2v) is 8.16. The number of carbonyl (C=O) groups is 2. The molecule has 2 amide bonds. The molecule has 31 heavy (non-hydrogen) atoms. The number of fused-ring (bicyclic) bond motifs is 1. The van der Waals surface area contributed by atoms with Gasteiger partial charge in [-0.1, -0.05) is 17.4 Å². The molecular weight excluding hydrogens is 416 g/mol. The van der Waals surface area contributed by atoms with Crippen LogP contribution in [0.15, 0.2) is 36.5 Å². The zero-order valence-corrected chi connectivity index (χ0v) is 18.3. The number of rotatable bonds is 5. The summed E-state index contributed by atoms with van der Waals surface area (Å²) in [5.74, 6) is -0.0101. The van der Waals surface area contributed by atoms with E-state index in [4.69, 9.17) is 9.47 Å². The largest absolute Gasteiger partial charge is 0.479 e. The number of thiazole rings is 1. The zero-order valence-electron chi connectivity index (χ0n) is 17.5. The van der Waals surface area contributed by atoms with Crippen molar-refractivity contribution in [1.82, 2.24) is 14.9 Å². The van der Waals surface area contributed by atoms with Crippen molar-refractivity contribution < 1.29 is 19.1 Å². The Balaban J connectivity index is 1.62. The van der Waals surface area contributed by atoms with Gasteiger partial charge >= 0.3 is 0 Å². The van der Waals surface area contributed by atoms with Crippen LogP contribution in [0.1, 0.15) is 32.7 Å². The average molecular weight is 439 g/mol. The number of nitrogens with one attached hydrogen (secondary N) is 1. The Labute approximate surface area is 183 Å². The number of ether oxygens (including phenoxy) is 2. The smallest absolute Gasteiger partial charge is 0.257 e. The Morgan fingerprint density at radius 1 is 1.19 bits per heavy atom. The summed E-state index contributed by atoms with van der Waals surface area (Å²) in [6.45, 7) is 1.23. The SMILES string of the molecule is COc1ncc(C2=CCOCC2)c2sc(NC(=O)c3ccc(C(=O)N(C)C)cc3)nc12. The normalized spacial score (nSPS) is 13.6. The first-order valence-corrected chi connectivity index (χ1v) is 10.5. The van der Waals surface area contributed by atoms with Gasteiger partial charge in [-0.2, -0.15) is 0 Å². The van der Waals surface area contributed by atoms with Gasteiger partial charge in [0.2, 0.25) is 5.88 Å². The number of carbonyl (C=O) groups excluding carboxylic acids is 2. The van der Waals surface area contributed by atoms with E-state index in [0.29, 0.717) is 40.9 Å². The van der Waals surface area contributed by atoms with Crippen LogP contribution in [-0.4, -0.2) is 61.1 Å². The fourth-order valence-electron chi connectivity index (χ4n) is 3.29. The number of hydrogen-bond acceptors (Lipinski definition) is 7. The van der Waals surface area contributed by atoms with E-state index in [-0.39, 0.29) is 11.8 Å². The Morgan fingerprint density at radius 3 is 2.58 bits per heavy atom. The monoisotopic (exact) mass is 438 g/mol. The average Bonchev–Trinajstić information content (AvgIpc) is 3.22. The molecule has 0 spiro atoms. The molecule has 8 nitrogen and oxygen atoms in total. The van der Waals surface area contributed by atoms with Crippen molar-refractivity contribution in [2.45, 2.75) is 6.42 Å².